The number of amides is 2. The highest BCUT2D eigenvalue weighted by Gasteiger charge is 2.09. The molecule has 27 heavy (non-hydrogen) atoms. The largest absolute Gasteiger partial charge is 0.343 e. The van der Waals surface area contributed by atoms with Crippen LogP contribution in [0.4, 0.5) is 5.69 Å². The van der Waals surface area contributed by atoms with Crippen LogP contribution >= 0.6 is 11.8 Å². The maximum atomic E-state index is 12.3. The van der Waals surface area contributed by atoms with Crippen molar-refractivity contribution in [3.05, 3.63) is 84.4 Å². The number of hydrogen-bond acceptors (Lipinski definition) is 3. The number of carbonyl (C=O) groups is 2. The van der Waals surface area contributed by atoms with E-state index in [1.54, 1.807) is 23.9 Å². The molecule has 0 aliphatic carbocycles. The van der Waals surface area contributed by atoms with E-state index >= 15 is 0 Å². The van der Waals surface area contributed by atoms with E-state index in [-0.39, 0.29) is 18.4 Å². The van der Waals surface area contributed by atoms with Crippen LogP contribution in [0.3, 0.4) is 0 Å². The Balaban J connectivity index is 1.55. The number of rotatable bonds is 6. The Bertz CT molecular complexity index is 925. The van der Waals surface area contributed by atoms with Crippen LogP contribution in [0.1, 0.15) is 10.4 Å². The van der Waals surface area contributed by atoms with E-state index in [0.717, 1.165) is 16.0 Å². The highest BCUT2D eigenvalue weighted by molar-refractivity contribution is 7.98. The summed E-state index contributed by atoms with van der Waals surface area (Å²) in [7, 11) is 0. The molecule has 4 nitrogen and oxygen atoms in total. The number of benzene rings is 3. The molecule has 0 aliphatic rings. The van der Waals surface area contributed by atoms with E-state index in [2.05, 4.69) is 10.6 Å². The van der Waals surface area contributed by atoms with Gasteiger partial charge in [-0.25, -0.2) is 0 Å². The summed E-state index contributed by atoms with van der Waals surface area (Å²) >= 11 is 1.60. The highest BCUT2D eigenvalue weighted by atomic mass is 32.2. The molecule has 5 heteroatoms. The lowest BCUT2D eigenvalue weighted by Gasteiger charge is -2.08. The second-order valence-electron chi connectivity index (χ2n) is 5.91. The molecule has 2 amide bonds. The van der Waals surface area contributed by atoms with Gasteiger partial charge in [0.25, 0.3) is 5.91 Å². The first-order chi connectivity index (χ1) is 13.2. The first-order valence-electron chi connectivity index (χ1n) is 8.53. The van der Waals surface area contributed by atoms with Gasteiger partial charge in [0.1, 0.15) is 0 Å². The van der Waals surface area contributed by atoms with Gasteiger partial charge in [-0.3, -0.25) is 9.59 Å². The summed E-state index contributed by atoms with van der Waals surface area (Å²) in [5.74, 6) is -0.537. The van der Waals surface area contributed by atoms with E-state index in [9.17, 15) is 9.59 Å². The van der Waals surface area contributed by atoms with Crippen LogP contribution in [0.15, 0.2) is 83.8 Å². The fraction of sp³-hybridized carbons (Fsp3) is 0.0909. The van der Waals surface area contributed by atoms with Crippen molar-refractivity contribution in [3.63, 3.8) is 0 Å². The predicted molar refractivity (Wildman–Crippen MR) is 111 cm³/mol. The van der Waals surface area contributed by atoms with Crippen LogP contribution in [-0.2, 0) is 4.79 Å². The highest BCUT2D eigenvalue weighted by Crippen LogP contribution is 2.20. The molecule has 3 aromatic carbocycles. The maximum absolute atomic E-state index is 12.3. The predicted octanol–water partition coefficient (Wildman–Crippen LogP) is 4.44. The topological polar surface area (TPSA) is 58.2 Å². The van der Waals surface area contributed by atoms with Crippen LogP contribution < -0.4 is 10.6 Å². The Morgan fingerprint density at radius 3 is 2.26 bits per heavy atom. The van der Waals surface area contributed by atoms with Gasteiger partial charge in [0.05, 0.1) is 6.54 Å². The molecule has 0 atom stereocenters. The number of thioether (sulfide) groups is 1. The van der Waals surface area contributed by atoms with Crippen molar-refractivity contribution in [1.29, 1.82) is 0 Å². The molecule has 0 saturated carbocycles. The third-order valence-corrected chi connectivity index (χ3v) is 4.74. The van der Waals surface area contributed by atoms with Crippen LogP contribution in [0, 0.1) is 0 Å². The average molecular weight is 376 g/mol. The third kappa shape index (κ3) is 5.21. The van der Waals surface area contributed by atoms with E-state index < -0.39 is 0 Å². The van der Waals surface area contributed by atoms with E-state index in [1.165, 1.54) is 0 Å². The molecule has 0 aliphatic heterocycles. The summed E-state index contributed by atoms with van der Waals surface area (Å²) in [6.45, 7) is -0.0806. The lowest BCUT2D eigenvalue weighted by molar-refractivity contribution is -0.115. The van der Waals surface area contributed by atoms with Crippen LogP contribution in [-0.4, -0.2) is 24.6 Å². The minimum Gasteiger partial charge on any atom is -0.343 e. The van der Waals surface area contributed by atoms with Crippen LogP contribution in [0.25, 0.3) is 11.1 Å². The van der Waals surface area contributed by atoms with Gasteiger partial charge in [-0.15, -0.1) is 11.8 Å². The van der Waals surface area contributed by atoms with Gasteiger partial charge in [-0.1, -0.05) is 48.5 Å². The SMILES string of the molecule is CSc1cccc(NC(=O)CNC(=O)c2ccc(-c3ccccc3)cc2)c1. The van der Waals surface area contributed by atoms with Crippen molar-refractivity contribution in [3.8, 4) is 11.1 Å². The zero-order valence-electron chi connectivity index (χ0n) is 14.9. The van der Waals surface area contributed by atoms with Gasteiger partial charge < -0.3 is 10.6 Å². The zero-order valence-corrected chi connectivity index (χ0v) is 15.8. The van der Waals surface area contributed by atoms with Crippen molar-refractivity contribution in [2.45, 2.75) is 4.90 Å². The van der Waals surface area contributed by atoms with Gasteiger partial charge in [0.15, 0.2) is 0 Å². The van der Waals surface area contributed by atoms with Gasteiger partial charge >= 0.3 is 0 Å². The molecule has 0 fully saturated rings. The summed E-state index contributed by atoms with van der Waals surface area (Å²) in [6, 6.07) is 24.9. The summed E-state index contributed by atoms with van der Waals surface area (Å²) < 4.78 is 0. The lowest BCUT2D eigenvalue weighted by Crippen LogP contribution is -2.32. The maximum Gasteiger partial charge on any atom is 0.251 e. The zero-order chi connectivity index (χ0) is 19.1. The van der Waals surface area contributed by atoms with Gasteiger partial charge in [0.2, 0.25) is 5.91 Å². The van der Waals surface area contributed by atoms with Crippen LogP contribution in [0.5, 0.6) is 0 Å². The van der Waals surface area contributed by atoms with Crippen LogP contribution in [0.2, 0.25) is 0 Å². The third-order valence-electron chi connectivity index (χ3n) is 4.02. The summed E-state index contributed by atoms with van der Waals surface area (Å²) in [4.78, 5) is 25.4. The van der Waals surface area contributed by atoms with Crippen molar-refractivity contribution < 1.29 is 9.59 Å². The molecule has 2 N–H and O–H groups in total. The Kier molecular flexibility index (Phi) is 6.28. The second-order valence-corrected chi connectivity index (χ2v) is 6.79. The van der Waals surface area contributed by atoms with Gasteiger partial charge in [-0.05, 0) is 47.7 Å². The monoisotopic (exact) mass is 376 g/mol. The minimum absolute atomic E-state index is 0.0806. The fourth-order valence-corrected chi connectivity index (χ4v) is 3.07. The molecule has 0 radical (unpaired) electrons. The first kappa shape index (κ1) is 18.7. The molecular weight excluding hydrogens is 356 g/mol. The van der Waals surface area contributed by atoms with E-state index in [4.69, 9.17) is 0 Å². The lowest BCUT2D eigenvalue weighted by atomic mass is 10.0. The van der Waals surface area contributed by atoms with Crippen molar-refractivity contribution in [2.75, 3.05) is 18.1 Å². The molecule has 3 aromatic rings. The van der Waals surface area contributed by atoms with Gasteiger partial charge in [-0.2, -0.15) is 0 Å². The Hall–Kier alpha value is -3.05. The first-order valence-corrected chi connectivity index (χ1v) is 9.76. The standard InChI is InChI=1S/C22H20N2O2S/c1-27-20-9-5-8-19(14-20)24-21(25)15-23-22(26)18-12-10-17(11-13-18)16-6-3-2-4-7-16/h2-14H,15H2,1H3,(H,23,26)(H,24,25). The molecule has 136 valence electrons. The van der Waals surface area contributed by atoms with Crippen molar-refractivity contribution >= 4 is 29.3 Å². The number of nitrogens with one attached hydrogen (secondary N) is 2. The molecule has 0 bridgehead atoms. The quantitative estimate of drug-likeness (QED) is 0.625. The number of hydrogen-bond donors (Lipinski definition) is 2. The summed E-state index contributed by atoms with van der Waals surface area (Å²) in [5.41, 5.74) is 3.37. The number of carbonyl (C=O) groups excluding carboxylic acids is 2. The molecular formula is C22H20N2O2S. The molecule has 0 heterocycles. The van der Waals surface area contributed by atoms with Gasteiger partial charge in [0, 0.05) is 16.1 Å². The normalized spacial score (nSPS) is 10.3. The molecule has 0 aromatic heterocycles. The summed E-state index contributed by atoms with van der Waals surface area (Å²) in [6.07, 6.45) is 1.98. The van der Waals surface area contributed by atoms with Crippen molar-refractivity contribution in [1.82, 2.24) is 5.32 Å². The smallest absolute Gasteiger partial charge is 0.251 e. The summed E-state index contributed by atoms with van der Waals surface area (Å²) in [5, 5.41) is 5.44. The molecule has 0 unspecified atom stereocenters. The molecule has 0 saturated heterocycles. The average Bonchev–Trinajstić information content (AvgIpc) is 2.73. The fourth-order valence-electron chi connectivity index (χ4n) is 2.61. The molecule has 3 rings (SSSR count). The van der Waals surface area contributed by atoms with Crippen molar-refractivity contribution in [2.24, 2.45) is 0 Å². The Morgan fingerprint density at radius 1 is 0.852 bits per heavy atom. The van der Waals surface area contributed by atoms with E-state index in [0.29, 0.717) is 11.3 Å². The Labute approximate surface area is 163 Å². The van der Waals surface area contributed by atoms with E-state index in [1.807, 2.05) is 73.0 Å². The Morgan fingerprint density at radius 2 is 1.56 bits per heavy atom. The minimum atomic E-state index is -0.275. The second kappa shape index (κ2) is 9.05. The molecule has 0 spiro atoms. The number of anilines is 1.